The van der Waals surface area contributed by atoms with Gasteiger partial charge in [0.2, 0.25) is 5.91 Å². The van der Waals surface area contributed by atoms with Crippen molar-refractivity contribution in [2.75, 3.05) is 16.8 Å². The van der Waals surface area contributed by atoms with Crippen molar-refractivity contribution in [1.82, 2.24) is 9.55 Å². The van der Waals surface area contributed by atoms with Gasteiger partial charge in [-0.2, -0.15) is 0 Å². The van der Waals surface area contributed by atoms with Crippen LogP contribution in [-0.2, 0) is 11.3 Å². The van der Waals surface area contributed by atoms with Crippen LogP contribution >= 0.6 is 15.9 Å². The van der Waals surface area contributed by atoms with Gasteiger partial charge in [-0.3, -0.25) is 4.79 Å². The number of carbonyl (C=O) groups is 1. The lowest BCUT2D eigenvalue weighted by molar-refractivity contribution is -0.117. The number of imidazole rings is 1. The first-order valence-electron chi connectivity index (χ1n) is 6.67. The fourth-order valence-electron chi connectivity index (χ4n) is 2.55. The van der Waals surface area contributed by atoms with Gasteiger partial charge in [-0.05, 0) is 23.6 Å². The van der Waals surface area contributed by atoms with Gasteiger partial charge in [0.1, 0.15) is 0 Å². The number of rotatable bonds is 4. The summed E-state index contributed by atoms with van der Waals surface area (Å²) in [7, 11) is 0. The van der Waals surface area contributed by atoms with Crippen LogP contribution in [0.15, 0.2) is 43.0 Å². The van der Waals surface area contributed by atoms with Crippen molar-refractivity contribution in [2.45, 2.75) is 13.0 Å². The average molecular weight is 334 g/mol. The number of alkyl halides is 1. The quantitative estimate of drug-likeness (QED) is 0.807. The molecule has 1 aromatic carbocycles. The third-order valence-electron chi connectivity index (χ3n) is 3.57. The predicted octanol–water partition coefficient (Wildman–Crippen LogP) is 2.68. The molecular weight excluding hydrogens is 318 g/mol. The molecule has 1 unspecified atom stereocenters. The van der Waals surface area contributed by atoms with E-state index >= 15 is 0 Å². The molecule has 0 bridgehead atoms. The molecule has 1 atom stereocenters. The molecule has 1 aliphatic heterocycles. The van der Waals surface area contributed by atoms with E-state index in [-0.39, 0.29) is 5.91 Å². The van der Waals surface area contributed by atoms with E-state index in [1.165, 1.54) is 5.56 Å². The Labute approximate surface area is 126 Å². The average Bonchev–Trinajstić information content (AvgIpc) is 3.08. The Kier molecular flexibility index (Phi) is 3.87. The lowest BCUT2D eigenvalue weighted by Crippen LogP contribution is -2.24. The molecule has 20 heavy (non-hydrogen) atoms. The second-order valence-corrected chi connectivity index (χ2v) is 5.78. The van der Waals surface area contributed by atoms with Crippen molar-refractivity contribution in [1.29, 1.82) is 0 Å². The smallest absolute Gasteiger partial charge is 0.227 e. The van der Waals surface area contributed by atoms with Gasteiger partial charge in [-0.1, -0.05) is 28.1 Å². The molecule has 1 aromatic heterocycles. The number of anilines is 1. The molecule has 0 radical (unpaired) electrons. The summed E-state index contributed by atoms with van der Waals surface area (Å²) in [6, 6.07) is 8.18. The Morgan fingerprint density at radius 3 is 3.00 bits per heavy atom. The molecule has 0 aliphatic carbocycles. The monoisotopic (exact) mass is 333 g/mol. The van der Waals surface area contributed by atoms with E-state index < -0.39 is 0 Å². The summed E-state index contributed by atoms with van der Waals surface area (Å²) in [6.07, 6.45) is 6.15. The van der Waals surface area contributed by atoms with Crippen molar-refractivity contribution >= 4 is 27.5 Å². The van der Waals surface area contributed by atoms with E-state index in [2.05, 4.69) is 33.0 Å². The molecule has 4 nitrogen and oxygen atoms in total. The lowest BCUT2D eigenvalue weighted by Gasteiger charge is -2.17. The summed E-state index contributed by atoms with van der Waals surface area (Å²) >= 11 is 3.47. The lowest BCUT2D eigenvalue weighted by atomic mass is 10.1. The molecule has 104 valence electrons. The van der Waals surface area contributed by atoms with E-state index in [1.807, 2.05) is 27.8 Å². The van der Waals surface area contributed by atoms with Crippen molar-refractivity contribution in [3.63, 3.8) is 0 Å². The van der Waals surface area contributed by atoms with Gasteiger partial charge >= 0.3 is 0 Å². The Balaban J connectivity index is 1.79. The van der Waals surface area contributed by atoms with Crippen LogP contribution in [0.5, 0.6) is 0 Å². The number of benzene rings is 1. The molecule has 1 aliphatic rings. The van der Waals surface area contributed by atoms with Gasteiger partial charge in [0.25, 0.3) is 0 Å². The van der Waals surface area contributed by atoms with Crippen LogP contribution < -0.4 is 4.90 Å². The van der Waals surface area contributed by atoms with Crippen LogP contribution in [-0.4, -0.2) is 27.3 Å². The summed E-state index contributed by atoms with van der Waals surface area (Å²) in [5.41, 5.74) is 2.17. The van der Waals surface area contributed by atoms with Crippen LogP contribution in [0.1, 0.15) is 12.0 Å². The summed E-state index contributed by atoms with van der Waals surface area (Å²) in [6.45, 7) is 1.58. The highest BCUT2D eigenvalue weighted by Gasteiger charge is 2.29. The second kappa shape index (κ2) is 5.79. The zero-order valence-corrected chi connectivity index (χ0v) is 12.7. The Morgan fingerprint density at radius 1 is 1.40 bits per heavy atom. The van der Waals surface area contributed by atoms with Gasteiger partial charge in [0.05, 0.1) is 6.33 Å². The fraction of sp³-hybridized carbons (Fsp3) is 0.333. The molecule has 0 N–H and O–H groups in total. The number of hydrogen-bond donors (Lipinski definition) is 0. The Hall–Kier alpha value is -1.62. The van der Waals surface area contributed by atoms with Crippen LogP contribution in [0.25, 0.3) is 0 Å². The van der Waals surface area contributed by atoms with E-state index in [1.54, 1.807) is 12.5 Å². The fourth-order valence-corrected chi connectivity index (χ4v) is 2.98. The number of aromatic nitrogens is 2. The highest BCUT2D eigenvalue weighted by molar-refractivity contribution is 9.09. The SMILES string of the molecule is O=C1CC(CBr)CN1c1cccc(Cn2ccnc2)c1. The number of carbonyl (C=O) groups excluding carboxylic acids is 1. The predicted molar refractivity (Wildman–Crippen MR) is 82.0 cm³/mol. The molecule has 2 heterocycles. The standard InChI is InChI=1S/C15H16BrN3O/c16-8-13-7-15(20)19(10-13)14-3-1-2-12(6-14)9-18-5-4-17-11-18/h1-6,11,13H,7-10H2. The molecule has 1 amide bonds. The summed E-state index contributed by atoms with van der Waals surface area (Å²) < 4.78 is 2.02. The summed E-state index contributed by atoms with van der Waals surface area (Å²) in [5, 5.41) is 0.879. The highest BCUT2D eigenvalue weighted by atomic mass is 79.9. The number of nitrogens with zero attached hydrogens (tertiary/aromatic N) is 3. The van der Waals surface area contributed by atoms with Gasteiger partial charge in [0.15, 0.2) is 0 Å². The van der Waals surface area contributed by atoms with Gasteiger partial charge < -0.3 is 9.47 Å². The first-order valence-corrected chi connectivity index (χ1v) is 7.79. The molecule has 0 spiro atoms. The molecular formula is C15H16BrN3O. The molecule has 1 fully saturated rings. The third kappa shape index (κ3) is 2.77. The van der Waals surface area contributed by atoms with Crippen molar-refractivity contribution in [2.24, 2.45) is 5.92 Å². The maximum absolute atomic E-state index is 12.1. The molecule has 0 saturated carbocycles. The van der Waals surface area contributed by atoms with E-state index in [9.17, 15) is 4.79 Å². The Morgan fingerprint density at radius 2 is 2.30 bits per heavy atom. The maximum Gasteiger partial charge on any atom is 0.227 e. The van der Waals surface area contributed by atoms with E-state index in [4.69, 9.17) is 0 Å². The topological polar surface area (TPSA) is 38.1 Å². The molecule has 5 heteroatoms. The van der Waals surface area contributed by atoms with E-state index in [0.717, 1.165) is 24.1 Å². The van der Waals surface area contributed by atoms with Gasteiger partial charge in [-0.25, -0.2) is 4.98 Å². The Bertz CT molecular complexity index is 597. The van der Waals surface area contributed by atoms with Crippen molar-refractivity contribution in [3.05, 3.63) is 48.5 Å². The number of hydrogen-bond acceptors (Lipinski definition) is 2. The van der Waals surface area contributed by atoms with Gasteiger partial charge in [-0.15, -0.1) is 0 Å². The van der Waals surface area contributed by atoms with Crippen LogP contribution in [0.4, 0.5) is 5.69 Å². The van der Waals surface area contributed by atoms with Crippen molar-refractivity contribution in [3.8, 4) is 0 Å². The summed E-state index contributed by atoms with van der Waals surface area (Å²) in [4.78, 5) is 18.0. The maximum atomic E-state index is 12.1. The summed E-state index contributed by atoms with van der Waals surface area (Å²) in [5.74, 6) is 0.633. The minimum atomic E-state index is 0.217. The van der Waals surface area contributed by atoms with Crippen molar-refractivity contribution < 1.29 is 4.79 Å². The first kappa shape index (κ1) is 13.4. The van der Waals surface area contributed by atoms with Gasteiger partial charge in [0, 0.05) is 42.9 Å². The van der Waals surface area contributed by atoms with Crippen LogP contribution in [0.2, 0.25) is 0 Å². The van der Waals surface area contributed by atoms with E-state index in [0.29, 0.717) is 12.3 Å². The second-order valence-electron chi connectivity index (χ2n) is 5.13. The minimum absolute atomic E-state index is 0.217. The molecule has 1 saturated heterocycles. The largest absolute Gasteiger partial charge is 0.333 e. The minimum Gasteiger partial charge on any atom is -0.333 e. The number of halogens is 1. The molecule has 3 rings (SSSR count). The zero-order valence-electron chi connectivity index (χ0n) is 11.1. The third-order valence-corrected chi connectivity index (χ3v) is 4.49. The normalized spacial score (nSPS) is 18.8. The first-order chi connectivity index (χ1) is 9.76. The molecule has 2 aromatic rings. The van der Waals surface area contributed by atoms with Crippen LogP contribution in [0, 0.1) is 5.92 Å². The number of amides is 1. The van der Waals surface area contributed by atoms with Crippen LogP contribution in [0.3, 0.4) is 0 Å². The zero-order chi connectivity index (χ0) is 13.9. The highest BCUT2D eigenvalue weighted by Crippen LogP contribution is 2.26.